The Morgan fingerprint density at radius 3 is 2.40 bits per heavy atom. The van der Waals surface area contributed by atoms with Gasteiger partial charge in [0.1, 0.15) is 11.8 Å². The molecule has 0 aromatic heterocycles. The van der Waals surface area contributed by atoms with Crippen molar-refractivity contribution in [2.75, 3.05) is 0 Å². The average molecular weight is 289 g/mol. The number of hydrogen-bond acceptors (Lipinski definition) is 3. The fourth-order valence-corrected chi connectivity index (χ4v) is 1.92. The van der Waals surface area contributed by atoms with Crippen molar-refractivity contribution < 1.29 is 27.8 Å². The number of carbonyl (C=O) groups is 1. The number of nitrogens with one attached hydrogen (secondary N) is 1. The molecule has 7 heteroatoms. The number of alkyl halides is 3. The monoisotopic (exact) mass is 289 g/mol. The summed E-state index contributed by atoms with van der Waals surface area (Å²) >= 11 is 0. The molecule has 2 N–H and O–H groups in total. The number of benzene rings is 1. The highest BCUT2D eigenvalue weighted by molar-refractivity contribution is 5.74. The predicted molar refractivity (Wildman–Crippen MR) is 64.1 cm³/mol. The fraction of sp³-hybridized carbons (Fsp3) is 0.462. The van der Waals surface area contributed by atoms with Gasteiger partial charge in [0, 0.05) is 6.54 Å². The van der Waals surface area contributed by atoms with Gasteiger partial charge in [0.05, 0.1) is 0 Å². The molecule has 0 heterocycles. The Labute approximate surface area is 113 Å². The van der Waals surface area contributed by atoms with Crippen molar-refractivity contribution in [3.05, 3.63) is 29.8 Å². The van der Waals surface area contributed by atoms with Crippen molar-refractivity contribution in [1.82, 2.24) is 5.32 Å². The zero-order valence-electron chi connectivity index (χ0n) is 10.5. The van der Waals surface area contributed by atoms with Crippen molar-refractivity contribution in [3.63, 3.8) is 0 Å². The number of carboxylic acids is 1. The number of rotatable bonds is 6. The van der Waals surface area contributed by atoms with E-state index in [1.54, 1.807) is 0 Å². The predicted octanol–water partition coefficient (Wildman–Crippen LogP) is 2.54. The van der Waals surface area contributed by atoms with E-state index >= 15 is 0 Å². The molecule has 110 valence electrons. The van der Waals surface area contributed by atoms with Gasteiger partial charge < -0.3 is 15.2 Å². The smallest absolute Gasteiger partial charge is 0.480 e. The van der Waals surface area contributed by atoms with Gasteiger partial charge in [-0.1, -0.05) is 12.1 Å². The summed E-state index contributed by atoms with van der Waals surface area (Å²) < 4.78 is 39.7. The van der Waals surface area contributed by atoms with Crippen LogP contribution in [-0.4, -0.2) is 23.5 Å². The molecule has 0 bridgehead atoms. The van der Waals surface area contributed by atoms with Crippen molar-refractivity contribution in [3.8, 4) is 5.75 Å². The first-order valence-corrected chi connectivity index (χ1v) is 6.16. The summed E-state index contributed by atoms with van der Waals surface area (Å²) in [5, 5.41) is 11.9. The van der Waals surface area contributed by atoms with Crippen LogP contribution in [0.1, 0.15) is 18.4 Å². The Hall–Kier alpha value is -1.76. The molecule has 1 fully saturated rings. The summed E-state index contributed by atoms with van der Waals surface area (Å²) in [4.78, 5) is 11.0. The van der Waals surface area contributed by atoms with E-state index in [2.05, 4.69) is 10.1 Å². The third-order valence-electron chi connectivity index (χ3n) is 3.04. The lowest BCUT2D eigenvalue weighted by atomic mass is 10.1. The van der Waals surface area contributed by atoms with Gasteiger partial charge in [-0.3, -0.25) is 4.79 Å². The number of halogens is 3. The van der Waals surface area contributed by atoms with Gasteiger partial charge >= 0.3 is 12.3 Å². The zero-order chi connectivity index (χ0) is 14.8. The van der Waals surface area contributed by atoms with Crippen LogP contribution in [0.4, 0.5) is 13.2 Å². The number of aliphatic carboxylic acids is 1. The molecular weight excluding hydrogens is 275 g/mol. The van der Waals surface area contributed by atoms with Crippen molar-refractivity contribution in [2.45, 2.75) is 31.8 Å². The Morgan fingerprint density at radius 2 is 1.95 bits per heavy atom. The van der Waals surface area contributed by atoms with Gasteiger partial charge in [0.25, 0.3) is 0 Å². The average Bonchev–Trinajstić information content (AvgIpc) is 3.13. The first-order valence-electron chi connectivity index (χ1n) is 6.16. The molecule has 0 saturated heterocycles. The fourth-order valence-electron chi connectivity index (χ4n) is 1.92. The maximum absolute atomic E-state index is 12.0. The first kappa shape index (κ1) is 14.6. The molecule has 0 aliphatic heterocycles. The minimum absolute atomic E-state index is 0.153. The quantitative estimate of drug-likeness (QED) is 0.845. The molecule has 1 aliphatic carbocycles. The molecule has 0 amide bonds. The second-order valence-electron chi connectivity index (χ2n) is 4.73. The molecule has 1 aromatic carbocycles. The summed E-state index contributed by atoms with van der Waals surface area (Å²) in [6.45, 7) is 0.291. The number of ether oxygens (including phenoxy) is 1. The Balaban J connectivity index is 1.88. The van der Waals surface area contributed by atoms with Gasteiger partial charge in [-0.25, -0.2) is 0 Å². The first-order chi connectivity index (χ1) is 9.35. The highest BCUT2D eigenvalue weighted by atomic mass is 19.4. The van der Waals surface area contributed by atoms with Crippen molar-refractivity contribution in [1.29, 1.82) is 0 Å². The summed E-state index contributed by atoms with van der Waals surface area (Å²) in [6, 6.07) is 4.76. The molecule has 4 nitrogen and oxygen atoms in total. The number of carboxylic acid groups (broad SMARTS) is 1. The van der Waals surface area contributed by atoms with Crippen LogP contribution >= 0.6 is 0 Å². The molecule has 0 radical (unpaired) electrons. The lowest BCUT2D eigenvalue weighted by Gasteiger charge is -2.14. The van der Waals surface area contributed by atoms with Crippen LogP contribution in [0.3, 0.4) is 0 Å². The van der Waals surface area contributed by atoms with E-state index in [4.69, 9.17) is 5.11 Å². The lowest BCUT2D eigenvalue weighted by Crippen LogP contribution is -2.38. The topological polar surface area (TPSA) is 58.6 Å². The van der Waals surface area contributed by atoms with Gasteiger partial charge in [-0.2, -0.15) is 0 Å². The van der Waals surface area contributed by atoms with Crippen LogP contribution in [0, 0.1) is 5.92 Å². The van der Waals surface area contributed by atoms with Gasteiger partial charge in [-0.15, -0.1) is 13.2 Å². The van der Waals surface area contributed by atoms with E-state index in [-0.39, 0.29) is 11.7 Å². The van der Waals surface area contributed by atoms with Crippen LogP contribution in [0.2, 0.25) is 0 Å². The molecule has 1 aromatic rings. The lowest BCUT2D eigenvalue weighted by molar-refractivity contribution is -0.274. The van der Waals surface area contributed by atoms with Gasteiger partial charge in [0.15, 0.2) is 0 Å². The molecule has 1 unspecified atom stereocenters. The molecular formula is C13H14F3NO3. The van der Waals surface area contributed by atoms with E-state index in [0.717, 1.165) is 12.8 Å². The van der Waals surface area contributed by atoms with E-state index < -0.39 is 18.4 Å². The van der Waals surface area contributed by atoms with Crippen LogP contribution in [0.25, 0.3) is 0 Å². The summed E-state index contributed by atoms with van der Waals surface area (Å²) in [6.07, 6.45) is -2.93. The number of hydrogen-bond donors (Lipinski definition) is 2. The van der Waals surface area contributed by atoms with Crippen LogP contribution in [0.5, 0.6) is 5.75 Å². The van der Waals surface area contributed by atoms with Crippen LogP contribution < -0.4 is 10.1 Å². The molecule has 1 atom stereocenters. The van der Waals surface area contributed by atoms with Crippen LogP contribution in [0.15, 0.2) is 24.3 Å². The Kier molecular flexibility index (Phi) is 4.17. The SMILES string of the molecule is O=C(O)C(NCc1ccc(OC(F)(F)F)cc1)C1CC1. The molecule has 1 aliphatic rings. The van der Waals surface area contributed by atoms with E-state index in [1.165, 1.54) is 24.3 Å². The maximum atomic E-state index is 12.0. The summed E-state index contributed by atoms with van der Waals surface area (Å²) in [5.74, 6) is -1.04. The normalized spacial score (nSPS) is 16.8. The highest BCUT2D eigenvalue weighted by Crippen LogP contribution is 2.33. The molecule has 1 saturated carbocycles. The third kappa shape index (κ3) is 4.41. The standard InChI is InChI=1S/C13H14F3NO3/c14-13(15,16)20-10-5-1-8(2-6-10)7-17-11(12(18)19)9-3-4-9/h1-2,5-6,9,11,17H,3-4,7H2,(H,18,19). The maximum Gasteiger partial charge on any atom is 0.573 e. The largest absolute Gasteiger partial charge is 0.573 e. The van der Waals surface area contributed by atoms with Crippen LogP contribution in [-0.2, 0) is 11.3 Å². The van der Waals surface area contributed by atoms with Gasteiger partial charge in [0.2, 0.25) is 0 Å². The minimum Gasteiger partial charge on any atom is -0.480 e. The van der Waals surface area contributed by atoms with Crippen molar-refractivity contribution in [2.24, 2.45) is 5.92 Å². The third-order valence-corrected chi connectivity index (χ3v) is 3.04. The Morgan fingerprint density at radius 1 is 1.35 bits per heavy atom. The van der Waals surface area contributed by atoms with E-state index in [1.807, 2.05) is 0 Å². The second kappa shape index (κ2) is 5.70. The molecule has 20 heavy (non-hydrogen) atoms. The van der Waals surface area contributed by atoms with Gasteiger partial charge in [-0.05, 0) is 36.5 Å². The second-order valence-corrected chi connectivity index (χ2v) is 4.73. The molecule has 2 rings (SSSR count). The summed E-state index contributed by atoms with van der Waals surface area (Å²) in [5.41, 5.74) is 0.700. The van der Waals surface area contributed by atoms with E-state index in [0.29, 0.717) is 12.1 Å². The molecule has 0 spiro atoms. The Bertz CT molecular complexity index is 469. The van der Waals surface area contributed by atoms with Crippen molar-refractivity contribution >= 4 is 5.97 Å². The summed E-state index contributed by atoms with van der Waals surface area (Å²) in [7, 11) is 0. The highest BCUT2D eigenvalue weighted by Gasteiger charge is 2.35. The minimum atomic E-state index is -4.71. The zero-order valence-corrected chi connectivity index (χ0v) is 10.5. The van der Waals surface area contributed by atoms with E-state index in [9.17, 15) is 18.0 Å².